The van der Waals surface area contributed by atoms with Gasteiger partial charge < -0.3 is 15.0 Å². The van der Waals surface area contributed by atoms with Crippen LogP contribution >= 0.6 is 39.1 Å². The van der Waals surface area contributed by atoms with E-state index in [-0.39, 0.29) is 17.1 Å². The van der Waals surface area contributed by atoms with Crippen LogP contribution in [0.1, 0.15) is 40.2 Å². The molecule has 0 aliphatic heterocycles. The van der Waals surface area contributed by atoms with E-state index in [1.54, 1.807) is 61.5 Å². The smallest absolute Gasteiger partial charge is 0.264 e. The van der Waals surface area contributed by atoms with Crippen molar-refractivity contribution < 1.29 is 22.7 Å². The summed E-state index contributed by atoms with van der Waals surface area (Å²) >= 11 is 16.2. The zero-order chi connectivity index (χ0) is 31.2. The average molecular weight is 699 g/mol. The van der Waals surface area contributed by atoms with Crippen LogP contribution in [-0.2, 0) is 26.2 Å². The zero-order valence-electron chi connectivity index (χ0n) is 24.0. The number of halogens is 3. The van der Waals surface area contributed by atoms with E-state index in [0.29, 0.717) is 32.4 Å². The number of hydrogen-bond donors (Lipinski definition) is 1. The number of nitrogens with zero attached hydrogens (tertiary/aromatic N) is 2. The van der Waals surface area contributed by atoms with E-state index in [1.165, 1.54) is 17.0 Å². The molecule has 0 aromatic heterocycles. The molecule has 1 unspecified atom stereocenters. The summed E-state index contributed by atoms with van der Waals surface area (Å²) in [5.41, 5.74) is 0.117. The number of rotatable bonds is 11. The van der Waals surface area contributed by atoms with Crippen LogP contribution in [0.25, 0.3) is 0 Å². The number of amides is 2. The third-order valence-electron chi connectivity index (χ3n) is 6.17. The summed E-state index contributed by atoms with van der Waals surface area (Å²) in [6.07, 6.45) is 0. The highest BCUT2D eigenvalue weighted by atomic mass is 79.9. The van der Waals surface area contributed by atoms with Gasteiger partial charge in [0.05, 0.1) is 17.2 Å². The van der Waals surface area contributed by atoms with Crippen LogP contribution in [0.5, 0.6) is 5.75 Å². The second kappa shape index (κ2) is 14.1. The van der Waals surface area contributed by atoms with Crippen LogP contribution in [0.3, 0.4) is 0 Å². The molecule has 0 spiro atoms. The monoisotopic (exact) mass is 697 g/mol. The lowest BCUT2D eigenvalue weighted by Gasteiger charge is -2.33. The maximum atomic E-state index is 14.1. The number of hydrogen-bond acceptors (Lipinski definition) is 5. The van der Waals surface area contributed by atoms with Gasteiger partial charge in [-0.15, -0.1) is 0 Å². The Balaban J connectivity index is 2.08. The van der Waals surface area contributed by atoms with Crippen molar-refractivity contribution in [3.05, 3.63) is 86.8 Å². The second-order valence-electron chi connectivity index (χ2n) is 10.5. The predicted octanol–water partition coefficient (Wildman–Crippen LogP) is 6.68. The summed E-state index contributed by atoms with van der Waals surface area (Å²) in [7, 11) is -4.22. The van der Waals surface area contributed by atoms with Crippen molar-refractivity contribution in [2.75, 3.05) is 17.5 Å². The Kier molecular flexibility index (Phi) is 11.3. The van der Waals surface area contributed by atoms with E-state index in [4.69, 9.17) is 27.9 Å². The Hall–Kier alpha value is -2.79. The minimum atomic E-state index is -4.22. The molecule has 0 bridgehead atoms. The van der Waals surface area contributed by atoms with Gasteiger partial charge in [0.1, 0.15) is 18.3 Å². The number of nitrogens with one attached hydrogen (secondary N) is 1. The van der Waals surface area contributed by atoms with Crippen LogP contribution in [-0.4, -0.2) is 49.9 Å². The first kappa shape index (κ1) is 33.7. The van der Waals surface area contributed by atoms with Crippen LogP contribution in [0, 0.1) is 0 Å². The number of sulfonamides is 1. The summed E-state index contributed by atoms with van der Waals surface area (Å²) in [5, 5.41) is 3.51. The molecule has 1 atom stereocenters. The average Bonchev–Trinajstić information content (AvgIpc) is 2.91. The molecule has 3 aromatic rings. The van der Waals surface area contributed by atoms with Crippen molar-refractivity contribution in [2.24, 2.45) is 0 Å². The van der Waals surface area contributed by atoms with Crippen molar-refractivity contribution in [1.82, 2.24) is 10.2 Å². The van der Waals surface area contributed by atoms with Crippen molar-refractivity contribution in [2.45, 2.75) is 57.6 Å². The summed E-state index contributed by atoms with van der Waals surface area (Å²) in [5.74, 6) is -0.490. The van der Waals surface area contributed by atoms with E-state index < -0.39 is 40.0 Å². The largest absolute Gasteiger partial charge is 0.494 e. The van der Waals surface area contributed by atoms with Crippen LogP contribution in [0.4, 0.5) is 5.69 Å². The summed E-state index contributed by atoms with van der Waals surface area (Å²) in [6, 6.07) is 16.5. The maximum absolute atomic E-state index is 14.1. The van der Waals surface area contributed by atoms with Gasteiger partial charge >= 0.3 is 0 Å². The lowest BCUT2D eigenvalue weighted by molar-refractivity contribution is -0.140. The summed E-state index contributed by atoms with van der Waals surface area (Å²) in [6.45, 7) is 8.62. The molecule has 2 amide bonds. The van der Waals surface area contributed by atoms with Crippen molar-refractivity contribution in [3.8, 4) is 5.75 Å². The van der Waals surface area contributed by atoms with Crippen LogP contribution in [0.2, 0.25) is 10.0 Å². The number of carbonyl (C=O) groups is 2. The predicted molar refractivity (Wildman–Crippen MR) is 171 cm³/mol. The Morgan fingerprint density at radius 3 is 2.07 bits per heavy atom. The van der Waals surface area contributed by atoms with Gasteiger partial charge in [0.25, 0.3) is 10.0 Å². The highest BCUT2D eigenvalue weighted by Crippen LogP contribution is 2.29. The number of anilines is 1. The molecular weight excluding hydrogens is 665 g/mol. The molecule has 0 aliphatic rings. The lowest BCUT2D eigenvalue weighted by atomic mass is 10.1. The van der Waals surface area contributed by atoms with Crippen molar-refractivity contribution in [1.29, 1.82) is 0 Å². The first-order chi connectivity index (χ1) is 19.6. The lowest BCUT2D eigenvalue weighted by Crippen LogP contribution is -2.54. The Bertz CT molecular complexity index is 1490. The van der Waals surface area contributed by atoms with Gasteiger partial charge in [-0.25, -0.2) is 8.42 Å². The second-order valence-corrected chi connectivity index (χ2v) is 14.1. The fourth-order valence-electron chi connectivity index (χ4n) is 4.05. The standard InChI is InChI=1S/C30H34BrCl2N3O5S/c1-6-41-23-14-12-22(13-15-23)36(42(39,40)24-16-10-21(31)11-17-24)19-28(37)35(20(2)29(38)34-30(3,4)5)18-25-26(32)8-7-9-27(25)33/h7-17,20H,6,18-19H2,1-5H3,(H,34,38). The van der Waals surface area contributed by atoms with Crippen molar-refractivity contribution in [3.63, 3.8) is 0 Å². The van der Waals surface area contributed by atoms with Gasteiger partial charge in [0.2, 0.25) is 11.8 Å². The molecule has 0 saturated heterocycles. The van der Waals surface area contributed by atoms with Gasteiger partial charge in [-0.1, -0.05) is 45.2 Å². The molecule has 0 heterocycles. The van der Waals surface area contributed by atoms with E-state index in [0.717, 1.165) is 4.31 Å². The Morgan fingerprint density at radius 2 is 1.55 bits per heavy atom. The SMILES string of the molecule is CCOc1ccc(N(CC(=O)N(Cc2c(Cl)cccc2Cl)C(C)C(=O)NC(C)(C)C)S(=O)(=O)c2ccc(Br)cc2)cc1. The number of benzene rings is 3. The zero-order valence-corrected chi connectivity index (χ0v) is 27.9. The van der Waals surface area contributed by atoms with Crippen LogP contribution < -0.4 is 14.4 Å². The minimum Gasteiger partial charge on any atom is -0.494 e. The molecule has 0 radical (unpaired) electrons. The van der Waals surface area contributed by atoms with Gasteiger partial charge in [-0.2, -0.15) is 0 Å². The normalized spacial score (nSPS) is 12.4. The summed E-state index contributed by atoms with van der Waals surface area (Å²) < 4.78 is 35.1. The highest BCUT2D eigenvalue weighted by molar-refractivity contribution is 9.10. The summed E-state index contributed by atoms with van der Waals surface area (Å²) in [4.78, 5) is 28.6. The third-order valence-corrected chi connectivity index (χ3v) is 9.20. The van der Waals surface area contributed by atoms with E-state index in [2.05, 4.69) is 21.2 Å². The van der Waals surface area contributed by atoms with Gasteiger partial charge in [0.15, 0.2) is 0 Å². The molecular formula is C30H34BrCl2N3O5S. The molecule has 226 valence electrons. The molecule has 0 aliphatic carbocycles. The highest BCUT2D eigenvalue weighted by Gasteiger charge is 2.34. The maximum Gasteiger partial charge on any atom is 0.264 e. The fourth-order valence-corrected chi connectivity index (χ4v) is 6.24. The molecule has 42 heavy (non-hydrogen) atoms. The quantitative estimate of drug-likeness (QED) is 0.241. The van der Waals surface area contributed by atoms with E-state index >= 15 is 0 Å². The number of ether oxygens (including phenoxy) is 1. The molecule has 3 aromatic carbocycles. The first-order valence-corrected chi connectivity index (χ1v) is 16.2. The number of carbonyl (C=O) groups excluding carboxylic acids is 2. The molecule has 8 nitrogen and oxygen atoms in total. The molecule has 0 fully saturated rings. The van der Waals surface area contributed by atoms with Gasteiger partial charge in [-0.3, -0.25) is 13.9 Å². The van der Waals surface area contributed by atoms with Gasteiger partial charge in [0, 0.05) is 32.2 Å². The first-order valence-electron chi connectivity index (χ1n) is 13.2. The fraction of sp³-hybridized carbons (Fsp3) is 0.333. The molecule has 3 rings (SSSR count). The van der Waals surface area contributed by atoms with Crippen molar-refractivity contribution >= 4 is 66.7 Å². The molecule has 0 saturated carbocycles. The molecule has 12 heteroatoms. The third kappa shape index (κ3) is 8.63. The minimum absolute atomic E-state index is 0.00777. The Labute approximate surface area is 266 Å². The molecule has 1 N–H and O–H groups in total. The Morgan fingerprint density at radius 1 is 0.976 bits per heavy atom. The topological polar surface area (TPSA) is 96.0 Å². The van der Waals surface area contributed by atoms with Gasteiger partial charge in [-0.05, 0) is 95.3 Å². The van der Waals surface area contributed by atoms with Crippen LogP contribution in [0.15, 0.2) is 76.1 Å². The van der Waals surface area contributed by atoms with E-state index in [9.17, 15) is 18.0 Å². The van der Waals surface area contributed by atoms with E-state index in [1.807, 2.05) is 27.7 Å².